The molecule has 0 N–H and O–H groups in total. The van der Waals surface area contributed by atoms with Gasteiger partial charge in [-0.15, -0.1) is 0 Å². The highest BCUT2D eigenvalue weighted by molar-refractivity contribution is 5.83. The molecular formula is C28H34F2O3. The maximum absolute atomic E-state index is 15.0. The maximum atomic E-state index is 15.0. The first kappa shape index (κ1) is 24.9. The lowest BCUT2D eigenvalue weighted by Gasteiger charge is -2.10. The molecule has 2 aromatic carbocycles. The molecule has 0 saturated carbocycles. The molecule has 0 saturated heterocycles. The molecule has 0 aliphatic heterocycles. The Bertz CT molecular complexity index is 1100. The monoisotopic (exact) mass is 456 g/mol. The maximum Gasteiger partial charge on any atom is 0.346 e. The minimum absolute atomic E-state index is 0.00737. The quantitative estimate of drug-likeness (QED) is 0.245. The molecule has 0 aliphatic rings. The van der Waals surface area contributed by atoms with Crippen LogP contribution in [0.15, 0.2) is 45.6 Å². The fourth-order valence-corrected chi connectivity index (χ4v) is 4.08. The van der Waals surface area contributed by atoms with Crippen LogP contribution in [0.5, 0.6) is 5.75 Å². The lowest BCUT2D eigenvalue weighted by atomic mass is 10.1. The van der Waals surface area contributed by atoms with Crippen molar-refractivity contribution in [2.75, 3.05) is 0 Å². The van der Waals surface area contributed by atoms with Crippen LogP contribution in [0.4, 0.5) is 8.78 Å². The van der Waals surface area contributed by atoms with Crippen LogP contribution in [0.25, 0.3) is 10.8 Å². The molecule has 3 rings (SSSR count). The predicted octanol–water partition coefficient (Wildman–Crippen LogP) is 7.90. The second kappa shape index (κ2) is 12.5. The molecule has 0 amide bonds. The van der Waals surface area contributed by atoms with Gasteiger partial charge in [-0.05, 0) is 47.6 Å². The van der Waals surface area contributed by atoms with Crippen LogP contribution in [0.1, 0.15) is 82.1 Å². The van der Waals surface area contributed by atoms with E-state index in [2.05, 4.69) is 6.92 Å². The molecule has 1 aromatic heterocycles. The van der Waals surface area contributed by atoms with Crippen molar-refractivity contribution in [1.29, 1.82) is 0 Å². The molecule has 33 heavy (non-hydrogen) atoms. The van der Waals surface area contributed by atoms with Gasteiger partial charge in [0.25, 0.3) is 0 Å². The molecule has 0 unspecified atom stereocenters. The summed E-state index contributed by atoms with van der Waals surface area (Å²) in [6.45, 7) is 4.20. The van der Waals surface area contributed by atoms with Gasteiger partial charge in [-0.25, -0.2) is 13.6 Å². The fourth-order valence-electron chi connectivity index (χ4n) is 4.08. The largest absolute Gasteiger partial charge is 0.486 e. The van der Waals surface area contributed by atoms with Crippen molar-refractivity contribution in [3.63, 3.8) is 0 Å². The van der Waals surface area contributed by atoms with Crippen molar-refractivity contribution >= 4 is 10.8 Å². The molecule has 3 nitrogen and oxygen atoms in total. The number of benzene rings is 2. The average Bonchev–Trinajstić information content (AvgIpc) is 2.79. The first-order valence-electron chi connectivity index (χ1n) is 12.2. The predicted molar refractivity (Wildman–Crippen MR) is 129 cm³/mol. The topological polar surface area (TPSA) is 39.4 Å². The van der Waals surface area contributed by atoms with Gasteiger partial charge in [-0.3, -0.25) is 0 Å². The highest BCUT2D eigenvalue weighted by Crippen LogP contribution is 2.26. The van der Waals surface area contributed by atoms with E-state index >= 15 is 4.39 Å². The van der Waals surface area contributed by atoms with E-state index in [1.54, 1.807) is 24.3 Å². The summed E-state index contributed by atoms with van der Waals surface area (Å²) < 4.78 is 40.1. The first-order valence-corrected chi connectivity index (χ1v) is 12.2. The van der Waals surface area contributed by atoms with Crippen molar-refractivity contribution in [3.8, 4) is 5.75 Å². The van der Waals surface area contributed by atoms with E-state index in [4.69, 9.17) is 9.15 Å². The zero-order chi connectivity index (χ0) is 23.6. The summed E-state index contributed by atoms with van der Waals surface area (Å²) in [6.07, 6.45) is 10.4. The van der Waals surface area contributed by atoms with E-state index in [0.717, 1.165) is 19.3 Å². The summed E-state index contributed by atoms with van der Waals surface area (Å²) in [4.78, 5) is 12.5. The third-order valence-electron chi connectivity index (χ3n) is 5.94. The number of halogens is 2. The molecule has 5 heteroatoms. The molecule has 178 valence electrons. The first-order chi connectivity index (χ1) is 16.0. The Morgan fingerprint density at radius 2 is 1.61 bits per heavy atom. The molecule has 0 radical (unpaired) electrons. The van der Waals surface area contributed by atoms with Gasteiger partial charge >= 0.3 is 5.63 Å². The second-order valence-corrected chi connectivity index (χ2v) is 8.68. The standard InChI is InChI=1S/C28H34F2O3/c1-3-5-6-7-8-9-10-12-23-18-22-15-16-25(27(30)26(22)28(31)33-23)32-19-20-13-14-21(11-4-2)24(29)17-20/h13-18H,3-12,19H2,1-2H3. The number of ether oxygens (including phenoxy) is 1. The minimum Gasteiger partial charge on any atom is -0.486 e. The summed E-state index contributed by atoms with van der Waals surface area (Å²) in [5, 5.41) is 0.393. The van der Waals surface area contributed by atoms with Crippen molar-refractivity contribution in [1.82, 2.24) is 0 Å². The SMILES string of the molecule is CCCCCCCCCc1cc2ccc(OCc3ccc(CCC)c(F)c3)c(F)c2c(=O)o1. The molecule has 0 spiro atoms. The van der Waals surface area contributed by atoms with E-state index in [0.29, 0.717) is 35.1 Å². The smallest absolute Gasteiger partial charge is 0.346 e. The van der Waals surface area contributed by atoms with Gasteiger partial charge in [0.15, 0.2) is 11.6 Å². The van der Waals surface area contributed by atoms with Gasteiger partial charge in [-0.1, -0.05) is 77.0 Å². The highest BCUT2D eigenvalue weighted by atomic mass is 19.1. The summed E-state index contributed by atoms with van der Waals surface area (Å²) in [6, 6.07) is 9.84. The number of fused-ring (bicyclic) bond motifs is 1. The second-order valence-electron chi connectivity index (χ2n) is 8.68. The third-order valence-corrected chi connectivity index (χ3v) is 5.94. The van der Waals surface area contributed by atoms with Gasteiger partial charge in [0.2, 0.25) is 0 Å². The zero-order valence-electron chi connectivity index (χ0n) is 19.7. The van der Waals surface area contributed by atoms with Crippen LogP contribution in [0.3, 0.4) is 0 Å². The molecule has 1 heterocycles. The molecule has 3 aromatic rings. The van der Waals surface area contributed by atoms with E-state index in [1.807, 2.05) is 6.92 Å². The molecule has 0 aliphatic carbocycles. The minimum atomic E-state index is -0.744. The van der Waals surface area contributed by atoms with Gasteiger partial charge < -0.3 is 9.15 Å². The van der Waals surface area contributed by atoms with E-state index in [1.165, 1.54) is 44.2 Å². The van der Waals surface area contributed by atoms with Crippen molar-refractivity contribution in [2.45, 2.75) is 84.7 Å². The Morgan fingerprint density at radius 3 is 2.33 bits per heavy atom. The van der Waals surface area contributed by atoms with Crippen LogP contribution in [-0.4, -0.2) is 0 Å². The summed E-state index contributed by atoms with van der Waals surface area (Å²) in [7, 11) is 0. The molecule has 0 bridgehead atoms. The Hall–Kier alpha value is -2.69. The summed E-state index contributed by atoms with van der Waals surface area (Å²) >= 11 is 0. The van der Waals surface area contributed by atoms with Crippen LogP contribution in [0, 0.1) is 11.6 Å². The Morgan fingerprint density at radius 1 is 0.848 bits per heavy atom. The number of aryl methyl sites for hydroxylation is 2. The molecular weight excluding hydrogens is 422 g/mol. The number of hydrogen-bond donors (Lipinski definition) is 0. The van der Waals surface area contributed by atoms with E-state index in [9.17, 15) is 9.18 Å². The molecule has 0 fully saturated rings. The zero-order valence-corrected chi connectivity index (χ0v) is 19.7. The van der Waals surface area contributed by atoms with Gasteiger partial charge in [0.05, 0.1) is 0 Å². The summed E-state index contributed by atoms with van der Waals surface area (Å²) in [5.41, 5.74) is 0.565. The van der Waals surface area contributed by atoms with Gasteiger partial charge in [0.1, 0.15) is 23.6 Å². The summed E-state index contributed by atoms with van der Waals surface area (Å²) in [5.74, 6) is -0.498. The Balaban J connectivity index is 1.64. The van der Waals surface area contributed by atoms with Gasteiger partial charge in [-0.2, -0.15) is 0 Å². The van der Waals surface area contributed by atoms with Crippen LogP contribution in [-0.2, 0) is 19.4 Å². The third kappa shape index (κ3) is 6.89. The fraction of sp³-hybridized carbons (Fsp3) is 0.464. The number of rotatable bonds is 13. The lowest BCUT2D eigenvalue weighted by molar-refractivity contribution is 0.290. The molecule has 0 atom stereocenters. The van der Waals surface area contributed by atoms with Crippen LogP contribution in [0.2, 0.25) is 0 Å². The number of unbranched alkanes of at least 4 members (excludes halogenated alkanes) is 6. The van der Waals surface area contributed by atoms with Crippen molar-refractivity contribution in [3.05, 3.63) is 75.3 Å². The van der Waals surface area contributed by atoms with Crippen LogP contribution >= 0.6 is 0 Å². The Kier molecular flexibility index (Phi) is 9.47. The highest BCUT2D eigenvalue weighted by Gasteiger charge is 2.15. The van der Waals surface area contributed by atoms with E-state index in [-0.39, 0.29) is 23.6 Å². The number of hydrogen-bond acceptors (Lipinski definition) is 3. The normalized spacial score (nSPS) is 11.3. The van der Waals surface area contributed by atoms with Gasteiger partial charge in [0, 0.05) is 6.42 Å². The van der Waals surface area contributed by atoms with Crippen LogP contribution < -0.4 is 10.4 Å². The van der Waals surface area contributed by atoms with E-state index < -0.39 is 11.4 Å². The average molecular weight is 457 g/mol. The van der Waals surface area contributed by atoms with Crippen molar-refractivity contribution < 1.29 is 17.9 Å². The Labute approximate surface area is 194 Å². The van der Waals surface area contributed by atoms with Crippen molar-refractivity contribution in [2.24, 2.45) is 0 Å². The lowest BCUT2D eigenvalue weighted by Crippen LogP contribution is -2.07.